The molecule has 0 radical (unpaired) electrons. The molecule has 0 atom stereocenters. The lowest BCUT2D eigenvalue weighted by molar-refractivity contribution is 0.0239. The third-order valence-electron chi connectivity index (χ3n) is 2.86. The van der Waals surface area contributed by atoms with E-state index in [1.807, 2.05) is 39.0 Å². The van der Waals surface area contributed by atoms with Gasteiger partial charge in [0.15, 0.2) is 11.5 Å². The van der Waals surface area contributed by atoms with E-state index in [2.05, 4.69) is 0 Å². The zero-order chi connectivity index (χ0) is 15.5. The van der Waals surface area contributed by atoms with E-state index in [1.54, 1.807) is 4.90 Å². The van der Waals surface area contributed by atoms with Gasteiger partial charge in [-0.05, 0) is 38.5 Å². The molecule has 1 amide bonds. The highest BCUT2D eigenvalue weighted by Gasteiger charge is 2.22. The normalized spacial score (nSPS) is 13.1. The number of fused-ring (bicyclic) bond motifs is 1. The minimum Gasteiger partial charge on any atom is -0.454 e. The molecule has 2 rings (SSSR count). The van der Waals surface area contributed by atoms with Crippen LogP contribution in [0.5, 0.6) is 11.5 Å². The summed E-state index contributed by atoms with van der Waals surface area (Å²) >= 11 is 0. The molecule has 2 N–H and O–H groups in total. The van der Waals surface area contributed by atoms with E-state index in [4.69, 9.17) is 19.9 Å². The lowest BCUT2D eigenvalue weighted by Crippen LogP contribution is -2.39. The molecule has 6 nitrogen and oxygen atoms in total. The first kappa shape index (κ1) is 15.4. The molecular formula is C15H22N2O4. The molecule has 0 unspecified atom stereocenters. The van der Waals surface area contributed by atoms with Gasteiger partial charge in [-0.2, -0.15) is 0 Å². The van der Waals surface area contributed by atoms with Crippen LogP contribution in [0.15, 0.2) is 18.2 Å². The number of hydrogen-bond acceptors (Lipinski definition) is 5. The van der Waals surface area contributed by atoms with Crippen LogP contribution in [0, 0.1) is 0 Å². The van der Waals surface area contributed by atoms with Gasteiger partial charge in [0.1, 0.15) is 5.60 Å². The second kappa shape index (κ2) is 6.22. The monoisotopic (exact) mass is 294 g/mol. The maximum atomic E-state index is 12.2. The van der Waals surface area contributed by atoms with Gasteiger partial charge >= 0.3 is 6.09 Å². The largest absolute Gasteiger partial charge is 0.454 e. The number of hydrogen-bond donors (Lipinski definition) is 1. The Morgan fingerprint density at radius 3 is 2.71 bits per heavy atom. The number of nitrogens with zero attached hydrogens (tertiary/aromatic N) is 1. The average Bonchev–Trinajstić information content (AvgIpc) is 2.83. The molecule has 0 aromatic heterocycles. The zero-order valence-electron chi connectivity index (χ0n) is 12.7. The lowest BCUT2D eigenvalue weighted by Gasteiger charge is -2.27. The molecular weight excluding hydrogens is 272 g/mol. The van der Waals surface area contributed by atoms with Crippen molar-refractivity contribution >= 4 is 6.09 Å². The van der Waals surface area contributed by atoms with Crippen molar-refractivity contribution in [3.05, 3.63) is 23.8 Å². The minimum atomic E-state index is -0.529. The SMILES string of the molecule is CC(C)(C)OC(=O)N(CCN)Cc1ccc2c(c1)OCO2. The molecule has 0 saturated carbocycles. The van der Waals surface area contributed by atoms with Gasteiger partial charge < -0.3 is 24.8 Å². The van der Waals surface area contributed by atoms with E-state index in [1.165, 1.54) is 0 Å². The number of amides is 1. The van der Waals surface area contributed by atoms with Crippen molar-refractivity contribution in [1.29, 1.82) is 0 Å². The van der Waals surface area contributed by atoms with Crippen molar-refractivity contribution in [3.8, 4) is 11.5 Å². The predicted octanol–water partition coefficient (Wildman–Crippen LogP) is 2.11. The molecule has 1 heterocycles. The second-order valence-electron chi connectivity index (χ2n) is 5.88. The summed E-state index contributed by atoms with van der Waals surface area (Å²) in [5.41, 5.74) is 5.99. The van der Waals surface area contributed by atoms with Crippen molar-refractivity contribution in [3.63, 3.8) is 0 Å². The molecule has 1 aromatic rings. The first-order valence-corrected chi connectivity index (χ1v) is 6.95. The summed E-state index contributed by atoms with van der Waals surface area (Å²) in [7, 11) is 0. The quantitative estimate of drug-likeness (QED) is 0.920. The van der Waals surface area contributed by atoms with Crippen molar-refractivity contribution in [2.75, 3.05) is 19.9 Å². The first-order chi connectivity index (χ1) is 9.89. The summed E-state index contributed by atoms with van der Waals surface area (Å²) in [6, 6.07) is 5.62. The number of ether oxygens (including phenoxy) is 3. The third-order valence-corrected chi connectivity index (χ3v) is 2.86. The Hall–Kier alpha value is -1.95. The Balaban J connectivity index is 2.07. The van der Waals surface area contributed by atoms with Gasteiger partial charge in [0, 0.05) is 19.6 Å². The highest BCUT2D eigenvalue weighted by atomic mass is 16.7. The molecule has 6 heteroatoms. The smallest absolute Gasteiger partial charge is 0.410 e. The van der Waals surface area contributed by atoms with Crippen molar-refractivity contribution in [1.82, 2.24) is 4.90 Å². The summed E-state index contributed by atoms with van der Waals surface area (Å²) < 4.78 is 16.0. The zero-order valence-corrected chi connectivity index (χ0v) is 12.7. The van der Waals surface area contributed by atoms with Crippen LogP contribution in [0.4, 0.5) is 4.79 Å². The van der Waals surface area contributed by atoms with E-state index >= 15 is 0 Å². The Bertz CT molecular complexity index is 511. The summed E-state index contributed by atoms with van der Waals surface area (Å²) in [4.78, 5) is 13.8. The fourth-order valence-electron chi connectivity index (χ4n) is 1.98. The topological polar surface area (TPSA) is 74.0 Å². The predicted molar refractivity (Wildman–Crippen MR) is 78.3 cm³/mol. The first-order valence-electron chi connectivity index (χ1n) is 6.95. The fraction of sp³-hybridized carbons (Fsp3) is 0.533. The molecule has 0 saturated heterocycles. The highest BCUT2D eigenvalue weighted by Crippen LogP contribution is 2.32. The molecule has 0 bridgehead atoms. The minimum absolute atomic E-state index is 0.233. The molecule has 0 aliphatic carbocycles. The maximum Gasteiger partial charge on any atom is 0.410 e. The van der Waals surface area contributed by atoms with Crippen LogP contribution < -0.4 is 15.2 Å². The van der Waals surface area contributed by atoms with E-state index in [0.717, 1.165) is 11.3 Å². The molecule has 0 fully saturated rings. The third kappa shape index (κ3) is 4.26. The van der Waals surface area contributed by atoms with Crippen LogP contribution >= 0.6 is 0 Å². The molecule has 116 valence electrons. The van der Waals surface area contributed by atoms with Crippen LogP contribution in [0.25, 0.3) is 0 Å². The van der Waals surface area contributed by atoms with Gasteiger partial charge in [-0.25, -0.2) is 4.79 Å². The summed E-state index contributed by atoms with van der Waals surface area (Å²) in [5.74, 6) is 1.42. The fourth-order valence-corrected chi connectivity index (χ4v) is 1.98. The van der Waals surface area contributed by atoms with Crippen LogP contribution in [0.3, 0.4) is 0 Å². The molecule has 1 aliphatic rings. The molecule has 1 aromatic carbocycles. The Kier molecular flexibility index (Phi) is 4.57. The maximum absolute atomic E-state index is 12.2. The Labute approximate surface area is 124 Å². The summed E-state index contributed by atoms with van der Waals surface area (Å²) in [6.45, 7) is 6.98. The van der Waals surface area contributed by atoms with Crippen molar-refractivity contribution < 1.29 is 19.0 Å². The lowest BCUT2D eigenvalue weighted by atomic mass is 10.2. The van der Waals surface area contributed by atoms with Gasteiger partial charge in [0.2, 0.25) is 6.79 Å². The van der Waals surface area contributed by atoms with Gasteiger partial charge in [-0.15, -0.1) is 0 Å². The van der Waals surface area contributed by atoms with Crippen molar-refractivity contribution in [2.24, 2.45) is 5.73 Å². The van der Waals surface area contributed by atoms with E-state index < -0.39 is 5.60 Å². The van der Waals surface area contributed by atoms with Crippen molar-refractivity contribution in [2.45, 2.75) is 32.9 Å². The van der Waals surface area contributed by atoms with E-state index in [0.29, 0.717) is 25.4 Å². The highest BCUT2D eigenvalue weighted by molar-refractivity contribution is 5.68. The molecule has 21 heavy (non-hydrogen) atoms. The summed E-state index contributed by atoms with van der Waals surface area (Å²) in [5, 5.41) is 0. The van der Waals surface area contributed by atoms with Gasteiger partial charge in [-0.1, -0.05) is 6.07 Å². The standard InChI is InChI=1S/C15H22N2O4/c1-15(2,3)21-14(18)17(7-6-16)9-11-4-5-12-13(8-11)20-10-19-12/h4-5,8H,6-7,9-10,16H2,1-3H3. The van der Waals surface area contributed by atoms with E-state index in [9.17, 15) is 4.79 Å². The molecule has 1 aliphatic heterocycles. The van der Waals surface area contributed by atoms with Gasteiger partial charge in [0.05, 0.1) is 0 Å². The number of carbonyl (C=O) groups excluding carboxylic acids is 1. The van der Waals surface area contributed by atoms with Crippen LogP contribution in [0.2, 0.25) is 0 Å². The number of nitrogens with two attached hydrogens (primary N) is 1. The average molecular weight is 294 g/mol. The van der Waals surface area contributed by atoms with E-state index in [-0.39, 0.29) is 12.9 Å². The van der Waals surface area contributed by atoms with Crippen LogP contribution in [0.1, 0.15) is 26.3 Å². The summed E-state index contributed by atoms with van der Waals surface area (Å²) in [6.07, 6.45) is -0.370. The Morgan fingerprint density at radius 2 is 2.05 bits per heavy atom. The van der Waals surface area contributed by atoms with Crippen LogP contribution in [-0.2, 0) is 11.3 Å². The number of benzene rings is 1. The molecule has 0 spiro atoms. The number of carbonyl (C=O) groups is 1. The second-order valence-corrected chi connectivity index (χ2v) is 5.88. The van der Waals surface area contributed by atoms with Gasteiger partial charge in [0.25, 0.3) is 0 Å². The van der Waals surface area contributed by atoms with Crippen LogP contribution in [-0.4, -0.2) is 36.5 Å². The Morgan fingerprint density at radius 1 is 1.33 bits per heavy atom. The van der Waals surface area contributed by atoms with Gasteiger partial charge in [-0.3, -0.25) is 0 Å². The number of rotatable bonds is 4.